The molecule has 86 valence electrons. The zero-order valence-electron chi connectivity index (χ0n) is 8.73. The zero-order chi connectivity index (χ0) is 12.3. The van der Waals surface area contributed by atoms with Crippen LogP contribution in [0.25, 0.3) is 0 Å². The third-order valence-corrected chi connectivity index (χ3v) is 2.94. The summed E-state index contributed by atoms with van der Waals surface area (Å²) in [7, 11) is 1.05. The van der Waals surface area contributed by atoms with Crippen molar-refractivity contribution in [2.75, 3.05) is 14.2 Å². The maximum Gasteiger partial charge on any atom is 0.489 e. The van der Waals surface area contributed by atoms with Crippen LogP contribution in [0.5, 0.6) is 5.75 Å². The molecule has 0 aromatic heterocycles. The monoisotopic (exact) mass is 336 g/mol. The lowest BCUT2D eigenvalue weighted by Crippen LogP contribution is -2.33. The summed E-state index contributed by atoms with van der Waals surface area (Å²) in [5, 5.41) is 18.2. The highest BCUT2D eigenvalue weighted by Crippen LogP contribution is 2.20. The number of methoxy groups -OCH3 is 2. The number of benzene rings is 1. The molecular formula is C9H10BIO5. The molecule has 5 nitrogen and oxygen atoms in total. The Morgan fingerprint density at radius 2 is 2.00 bits per heavy atom. The molecule has 0 aliphatic heterocycles. The van der Waals surface area contributed by atoms with Crippen molar-refractivity contribution in [1.29, 1.82) is 0 Å². The molecule has 0 radical (unpaired) electrons. The first kappa shape index (κ1) is 13.3. The van der Waals surface area contributed by atoms with Crippen molar-refractivity contribution in [2.24, 2.45) is 0 Å². The molecule has 0 aliphatic rings. The molecule has 0 aliphatic carbocycles. The van der Waals surface area contributed by atoms with E-state index in [1.54, 1.807) is 0 Å². The van der Waals surface area contributed by atoms with Crippen LogP contribution in [0.1, 0.15) is 10.4 Å². The Balaban J connectivity index is 3.32. The molecule has 0 amide bonds. The van der Waals surface area contributed by atoms with Gasteiger partial charge in [-0.15, -0.1) is 0 Å². The number of carbonyl (C=O) groups excluding carboxylic acids is 1. The SMILES string of the molecule is COC(=O)c1cc(I)c(B(O)O)cc1OC. The Morgan fingerprint density at radius 1 is 1.38 bits per heavy atom. The Labute approximate surface area is 107 Å². The minimum Gasteiger partial charge on any atom is -0.496 e. The summed E-state index contributed by atoms with van der Waals surface area (Å²) in [6.45, 7) is 0. The van der Waals surface area contributed by atoms with Crippen molar-refractivity contribution in [3.05, 3.63) is 21.3 Å². The van der Waals surface area contributed by atoms with E-state index in [4.69, 9.17) is 14.8 Å². The molecule has 16 heavy (non-hydrogen) atoms. The highest BCUT2D eigenvalue weighted by Gasteiger charge is 2.21. The van der Waals surface area contributed by atoms with Crippen LogP contribution in [0, 0.1) is 3.57 Å². The van der Waals surface area contributed by atoms with E-state index < -0.39 is 13.1 Å². The van der Waals surface area contributed by atoms with E-state index in [-0.39, 0.29) is 16.8 Å². The van der Waals surface area contributed by atoms with Gasteiger partial charge >= 0.3 is 13.1 Å². The minimum atomic E-state index is -1.60. The van der Waals surface area contributed by atoms with Gasteiger partial charge in [-0.1, -0.05) is 0 Å². The van der Waals surface area contributed by atoms with Crippen LogP contribution in [0.2, 0.25) is 0 Å². The predicted octanol–water partition coefficient (Wildman–Crippen LogP) is -0.234. The van der Waals surface area contributed by atoms with E-state index in [9.17, 15) is 4.79 Å². The number of esters is 1. The lowest BCUT2D eigenvalue weighted by atomic mass is 9.80. The Morgan fingerprint density at radius 3 is 2.44 bits per heavy atom. The van der Waals surface area contributed by atoms with Gasteiger partial charge in [0.2, 0.25) is 0 Å². The summed E-state index contributed by atoms with van der Waals surface area (Å²) in [4.78, 5) is 11.4. The normalized spacial score (nSPS) is 9.81. The topological polar surface area (TPSA) is 76.0 Å². The van der Waals surface area contributed by atoms with Crippen molar-refractivity contribution >= 4 is 41.1 Å². The summed E-state index contributed by atoms with van der Waals surface area (Å²) in [5.41, 5.74) is 0.531. The van der Waals surface area contributed by atoms with Gasteiger partial charge in [-0.3, -0.25) is 0 Å². The van der Waals surface area contributed by atoms with Gasteiger partial charge in [0.25, 0.3) is 0 Å². The number of ether oxygens (including phenoxy) is 2. The largest absolute Gasteiger partial charge is 0.496 e. The van der Waals surface area contributed by atoms with Crippen molar-refractivity contribution < 1.29 is 24.3 Å². The highest BCUT2D eigenvalue weighted by molar-refractivity contribution is 14.1. The van der Waals surface area contributed by atoms with Crippen LogP contribution in [0.3, 0.4) is 0 Å². The number of halogens is 1. The van der Waals surface area contributed by atoms with E-state index >= 15 is 0 Å². The first-order valence-corrected chi connectivity index (χ1v) is 5.41. The molecule has 1 aromatic carbocycles. The van der Waals surface area contributed by atoms with Gasteiger partial charge in [0.15, 0.2) is 0 Å². The van der Waals surface area contributed by atoms with Gasteiger partial charge in [0.05, 0.1) is 14.2 Å². The second-order valence-corrected chi connectivity index (χ2v) is 4.10. The first-order valence-electron chi connectivity index (χ1n) is 4.33. The van der Waals surface area contributed by atoms with Crippen LogP contribution in [0.4, 0.5) is 0 Å². The van der Waals surface area contributed by atoms with E-state index in [1.807, 2.05) is 22.6 Å². The number of hydrogen-bond acceptors (Lipinski definition) is 5. The van der Waals surface area contributed by atoms with Crippen LogP contribution in [-0.4, -0.2) is 37.4 Å². The van der Waals surface area contributed by atoms with Gasteiger partial charge < -0.3 is 19.5 Å². The number of hydrogen-bond donors (Lipinski definition) is 2. The summed E-state index contributed by atoms with van der Waals surface area (Å²) in [6.07, 6.45) is 0. The van der Waals surface area contributed by atoms with E-state index in [2.05, 4.69) is 4.74 Å². The molecule has 0 saturated heterocycles. The highest BCUT2D eigenvalue weighted by atomic mass is 127. The van der Waals surface area contributed by atoms with Crippen molar-refractivity contribution in [1.82, 2.24) is 0 Å². The molecule has 0 heterocycles. The second-order valence-electron chi connectivity index (χ2n) is 2.94. The first-order chi connectivity index (χ1) is 7.51. The second kappa shape index (κ2) is 5.51. The van der Waals surface area contributed by atoms with Gasteiger partial charge in [-0.05, 0) is 40.2 Å². The average molecular weight is 336 g/mol. The lowest BCUT2D eigenvalue weighted by Gasteiger charge is -2.10. The zero-order valence-corrected chi connectivity index (χ0v) is 10.9. The molecule has 0 fully saturated rings. The van der Waals surface area contributed by atoms with Gasteiger partial charge in [0.1, 0.15) is 11.3 Å². The van der Waals surface area contributed by atoms with Crippen LogP contribution in [0.15, 0.2) is 12.1 Å². The summed E-state index contributed by atoms with van der Waals surface area (Å²) < 4.78 is 10.1. The van der Waals surface area contributed by atoms with E-state index in [0.29, 0.717) is 3.57 Å². The fourth-order valence-corrected chi connectivity index (χ4v) is 1.95. The van der Waals surface area contributed by atoms with Crippen molar-refractivity contribution in [3.63, 3.8) is 0 Å². The standard InChI is InChI=1S/C9H10BIO5/c1-15-8-4-6(10(13)14)7(11)3-5(8)9(12)16-2/h3-4,13-14H,1-2H3. The van der Waals surface area contributed by atoms with Gasteiger partial charge in [0, 0.05) is 3.57 Å². The van der Waals surface area contributed by atoms with Gasteiger partial charge in [-0.2, -0.15) is 0 Å². The van der Waals surface area contributed by atoms with E-state index in [0.717, 1.165) is 0 Å². The molecule has 0 atom stereocenters. The summed E-state index contributed by atoms with van der Waals surface area (Å²) >= 11 is 1.90. The fraction of sp³-hybridized carbons (Fsp3) is 0.222. The van der Waals surface area contributed by atoms with Crippen LogP contribution >= 0.6 is 22.6 Å². The third kappa shape index (κ3) is 2.66. The van der Waals surface area contributed by atoms with Crippen molar-refractivity contribution in [3.8, 4) is 5.75 Å². The molecule has 0 spiro atoms. The maximum absolute atomic E-state index is 11.4. The molecule has 0 saturated carbocycles. The van der Waals surface area contributed by atoms with Crippen molar-refractivity contribution in [2.45, 2.75) is 0 Å². The summed E-state index contributed by atoms with van der Waals surface area (Å²) in [6, 6.07) is 2.89. The fourth-order valence-electron chi connectivity index (χ4n) is 1.21. The Hall–Kier alpha value is -0.795. The quantitative estimate of drug-likeness (QED) is 0.453. The Kier molecular flexibility index (Phi) is 4.57. The molecule has 0 unspecified atom stereocenters. The van der Waals surface area contributed by atoms with Crippen LogP contribution < -0.4 is 10.2 Å². The molecule has 1 aromatic rings. The number of carbonyl (C=O) groups is 1. The predicted molar refractivity (Wildman–Crippen MR) is 66.9 cm³/mol. The maximum atomic E-state index is 11.4. The number of rotatable bonds is 3. The third-order valence-electron chi connectivity index (χ3n) is 2.00. The minimum absolute atomic E-state index is 0.246. The molecular weight excluding hydrogens is 326 g/mol. The van der Waals surface area contributed by atoms with Gasteiger partial charge in [-0.25, -0.2) is 4.79 Å². The summed E-state index contributed by atoms with van der Waals surface area (Å²) in [5.74, 6) is -0.288. The average Bonchev–Trinajstić information content (AvgIpc) is 2.27. The van der Waals surface area contributed by atoms with Crippen LogP contribution in [-0.2, 0) is 4.74 Å². The smallest absolute Gasteiger partial charge is 0.489 e. The molecule has 2 N–H and O–H groups in total. The molecule has 1 rings (SSSR count). The van der Waals surface area contributed by atoms with E-state index in [1.165, 1.54) is 26.4 Å². The Bertz CT molecular complexity index is 407. The molecule has 7 heteroatoms. The molecule has 0 bridgehead atoms. The lowest BCUT2D eigenvalue weighted by molar-refractivity contribution is 0.0597.